The monoisotopic (exact) mass is 381 g/mol. The Morgan fingerprint density at radius 2 is 1.89 bits per heavy atom. The highest BCUT2D eigenvalue weighted by molar-refractivity contribution is 5.82. The lowest BCUT2D eigenvalue weighted by Gasteiger charge is -2.40. The summed E-state index contributed by atoms with van der Waals surface area (Å²) < 4.78 is 10.4. The van der Waals surface area contributed by atoms with Gasteiger partial charge in [0.15, 0.2) is 0 Å². The van der Waals surface area contributed by atoms with Crippen molar-refractivity contribution in [3.8, 4) is 0 Å². The van der Waals surface area contributed by atoms with E-state index in [2.05, 4.69) is 10.2 Å². The third-order valence-corrected chi connectivity index (χ3v) is 5.95. The van der Waals surface area contributed by atoms with Gasteiger partial charge < -0.3 is 14.8 Å². The molecule has 0 aromatic rings. The molecule has 0 saturated carbocycles. The molecule has 152 valence electrons. The fourth-order valence-electron chi connectivity index (χ4n) is 4.43. The van der Waals surface area contributed by atoms with Crippen LogP contribution in [0.3, 0.4) is 0 Å². The van der Waals surface area contributed by atoms with Crippen molar-refractivity contribution in [3.63, 3.8) is 0 Å². The molecule has 0 bridgehead atoms. The first-order valence-electron chi connectivity index (χ1n) is 9.71. The van der Waals surface area contributed by atoms with E-state index in [9.17, 15) is 14.4 Å². The van der Waals surface area contributed by atoms with Crippen molar-refractivity contribution in [2.24, 2.45) is 5.41 Å². The van der Waals surface area contributed by atoms with Crippen molar-refractivity contribution in [2.45, 2.75) is 64.1 Å². The largest absolute Gasteiger partial charge is 0.467 e. The first kappa shape index (κ1) is 19.9. The number of nitrogens with zero attached hydrogens (tertiary/aromatic N) is 2. The number of amides is 2. The Hall–Kier alpha value is -1.83. The maximum atomic E-state index is 12.6. The molecule has 0 radical (unpaired) electrons. The van der Waals surface area contributed by atoms with Crippen molar-refractivity contribution in [1.82, 2.24) is 15.1 Å². The fraction of sp³-hybridized carbons (Fsp3) is 0.842. The van der Waals surface area contributed by atoms with Crippen LogP contribution in [0.15, 0.2) is 0 Å². The van der Waals surface area contributed by atoms with Gasteiger partial charge in [0.1, 0.15) is 11.6 Å². The molecule has 1 N–H and O–H groups in total. The minimum absolute atomic E-state index is 0.0821. The SMILES string of the molecule is COC(=O)C1CC(N2CCC3(CC2)CNC(=O)C3)CN1C(=O)OC(C)(C)C. The van der Waals surface area contributed by atoms with Crippen LogP contribution in [0.5, 0.6) is 0 Å². The lowest BCUT2D eigenvalue weighted by Crippen LogP contribution is -2.47. The highest BCUT2D eigenvalue weighted by atomic mass is 16.6. The van der Waals surface area contributed by atoms with Gasteiger partial charge in [0.05, 0.1) is 7.11 Å². The molecule has 8 nitrogen and oxygen atoms in total. The van der Waals surface area contributed by atoms with Crippen molar-refractivity contribution in [2.75, 3.05) is 33.3 Å². The zero-order valence-electron chi connectivity index (χ0n) is 16.7. The number of ether oxygens (including phenoxy) is 2. The second kappa shape index (κ2) is 7.30. The molecule has 2 unspecified atom stereocenters. The topological polar surface area (TPSA) is 88.2 Å². The lowest BCUT2D eigenvalue weighted by molar-refractivity contribution is -0.145. The molecule has 3 fully saturated rings. The van der Waals surface area contributed by atoms with Gasteiger partial charge in [-0.15, -0.1) is 0 Å². The molecular formula is C19H31N3O5. The van der Waals surface area contributed by atoms with Gasteiger partial charge in [-0.1, -0.05) is 0 Å². The summed E-state index contributed by atoms with van der Waals surface area (Å²) in [5, 5.41) is 2.95. The number of nitrogens with one attached hydrogen (secondary N) is 1. The molecule has 8 heteroatoms. The molecule has 3 saturated heterocycles. The van der Waals surface area contributed by atoms with Crippen molar-refractivity contribution >= 4 is 18.0 Å². The van der Waals surface area contributed by atoms with Crippen LogP contribution < -0.4 is 5.32 Å². The van der Waals surface area contributed by atoms with Crippen molar-refractivity contribution < 1.29 is 23.9 Å². The average Bonchev–Trinajstić information content (AvgIpc) is 3.18. The first-order valence-corrected chi connectivity index (χ1v) is 9.71. The highest BCUT2D eigenvalue weighted by Gasteiger charge is 2.47. The summed E-state index contributed by atoms with van der Waals surface area (Å²) in [6, 6.07) is -0.510. The maximum Gasteiger partial charge on any atom is 0.411 e. The zero-order valence-corrected chi connectivity index (χ0v) is 16.7. The summed E-state index contributed by atoms with van der Waals surface area (Å²) in [5.41, 5.74) is -0.534. The minimum atomic E-state index is -0.616. The van der Waals surface area contributed by atoms with Gasteiger partial charge in [-0.3, -0.25) is 14.6 Å². The summed E-state index contributed by atoms with van der Waals surface area (Å²) in [6.45, 7) is 8.40. The maximum absolute atomic E-state index is 12.6. The molecule has 0 aromatic carbocycles. The smallest absolute Gasteiger partial charge is 0.411 e. The molecule has 3 aliphatic heterocycles. The molecule has 0 aliphatic carbocycles. The van der Waals surface area contributed by atoms with Crippen molar-refractivity contribution in [1.29, 1.82) is 0 Å². The number of hydrogen-bond acceptors (Lipinski definition) is 6. The number of piperidine rings is 1. The molecule has 2 amide bonds. The minimum Gasteiger partial charge on any atom is -0.467 e. The zero-order chi connectivity index (χ0) is 19.8. The summed E-state index contributed by atoms with van der Waals surface area (Å²) in [6.07, 6.45) is 2.60. The molecular weight excluding hydrogens is 350 g/mol. The Balaban J connectivity index is 1.64. The Morgan fingerprint density at radius 3 is 2.41 bits per heavy atom. The molecule has 3 heterocycles. The summed E-state index contributed by atoms with van der Waals surface area (Å²) in [7, 11) is 1.34. The Morgan fingerprint density at radius 1 is 1.22 bits per heavy atom. The quantitative estimate of drug-likeness (QED) is 0.722. The molecule has 2 atom stereocenters. The van der Waals surface area contributed by atoms with E-state index in [1.165, 1.54) is 12.0 Å². The summed E-state index contributed by atoms with van der Waals surface area (Å²) >= 11 is 0. The van der Waals surface area contributed by atoms with Gasteiger partial charge in [-0.25, -0.2) is 9.59 Å². The van der Waals surface area contributed by atoms with Crippen LogP contribution >= 0.6 is 0 Å². The fourth-order valence-corrected chi connectivity index (χ4v) is 4.43. The van der Waals surface area contributed by atoms with Crippen LogP contribution in [0, 0.1) is 5.41 Å². The van der Waals surface area contributed by atoms with Crippen molar-refractivity contribution in [3.05, 3.63) is 0 Å². The number of methoxy groups -OCH3 is 1. The molecule has 1 spiro atoms. The number of carbonyl (C=O) groups is 3. The van der Waals surface area contributed by atoms with Crippen LogP contribution in [-0.2, 0) is 19.1 Å². The van der Waals surface area contributed by atoms with Crippen LogP contribution in [0.2, 0.25) is 0 Å². The normalized spacial score (nSPS) is 28.3. The first-order chi connectivity index (χ1) is 12.6. The molecule has 3 rings (SSSR count). The van der Waals surface area contributed by atoms with E-state index in [1.54, 1.807) is 0 Å². The van der Waals surface area contributed by atoms with Gasteiger partial charge in [-0.2, -0.15) is 0 Å². The molecule has 27 heavy (non-hydrogen) atoms. The number of carbonyl (C=O) groups excluding carboxylic acids is 3. The number of esters is 1. The summed E-state index contributed by atoms with van der Waals surface area (Å²) in [4.78, 5) is 40.3. The highest BCUT2D eigenvalue weighted by Crippen LogP contribution is 2.39. The molecule has 0 aromatic heterocycles. The Kier molecular flexibility index (Phi) is 5.38. The summed E-state index contributed by atoms with van der Waals surface area (Å²) in [5.74, 6) is -0.256. The van der Waals surface area contributed by atoms with E-state index in [4.69, 9.17) is 9.47 Å². The van der Waals surface area contributed by atoms with Gasteiger partial charge in [0, 0.05) is 25.6 Å². The van der Waals surface area contributed by atoms with E-state index in [-0.39, 0.29) is 17.4 Å². The van der Waals surface area contributed by atoms with Crippen LogP contribution in [0.1, 0.15) is 46.5 Å². The number of hydrogen-bond donors (Lipinski definition) is 1. The average molecular weight is 381 g/mol. The Bertz CT molecular complexity index is 607. The predicted octanol–water partition coefficient (Wildman–Crippen LogP) is 1.14. The lowest BCUT2D eigenvalue weighted by atomic mass is 9.77. The standard InChI is InChI=1S/C19H31N3O5/c1-18(2,3)27-17(25)22-11-13(9-14(22)16(24)26-4)21-7-5-19(6-8-21)10-15(23)20-12-19/h13-14H,5-12H2,1-4H3,(H,20,23). The second-order valence-corrected chi connectivity index (χ2v) is 9.05. The van der Waals surface area contributed by atoms with Crippen LogP contribution in [-0.4, -0.2) is 78.7 Å². The van der Waals surface area contributed by atoms with E-state index in [0.29, 0.717) is 19.4 Å². The van der Waals surface area contributed by atoms with Gasteiger partial charge in [0.2, 0.25) is 5.91 Å². The third kappa shape index (κ3) is 4.36. The number of likely N-dealkylation sites (tertiary alicyclic amines) is 2. The van der Waals surface area contributed by atoms with Gasteiger partial charge in [-0.05, 0) is 58.5 Å². The second-order valence-electron chi connectivity index (χ2n) is 9.05. The van der Waals surface area contributed by atoms with E-state index in [0.717, 1.165) is 32.5 Å². The van der Waals surface area contributed by atoms with Crippen LogP contribution in [0.4, 0.5) is 4.79 Å². The Labute approximate surface area is 160 Å². The number of rotatable bonds is 2. The van der Waals surface area contributed by atoms with E-state index in [1.807, 2.05) is 20.8 Å². The van der Waals surface area contributed by atoms with Gasteiger partial charge >= 0.3 is 12.1 Å². The van der Waals surface area contributed by atoms with E-state index >= 15 is 0 Å². The molecule has 3 aliphatic rings. The van der Waals surface area contributed by atoms with Gasteiger partial charge in [0.25, 0.3) is 0 Å². The van der Waals surface area contributed by atoms with E-state index < -0.39 is 23.7 Å². The predicted molar refractivity (Wildman–Crippen MR) is 98.0 cm³/mol. The third-order valence-electron chi connectivity index (χ3n) is 5.95. The van der Waals surface area contributed by atoms with Crippen LogP contribution in [0.25, 0.3) is 0 Å².